The van der Waals surface area contributed by atoms with E-state index in [-0.39, 0.29) is 30.3 Å². The lowest BCUT2D eigenvalue weighted by Gasteiger charge is -2.15. The first kappa shape index (κ1) is 10.2. The van der Waals surface area contributed by atoms with E-state index in [4.69, 9.17) is 11.0 Å². The highest BCUT2D eigenvalue weighted by molar-refractivity contribution is 6.21. The molecule has 16 heavy (non-hydrogen) atoms. The number of anilines is 2. The molecule has 2 N–H and O–H groups in total. The molecule has 1 aromatic carbocycles. The topological polar surface area (TPSA) is 87.2 Å². The van der Waals surface area contributed by atoms with Gasteiger partial charge in [0.25, 0.3) is 0 Å². The van der Waals surface area contributed by atoms with E-state index in [0.717, 1.165) is 4.90 Å². The summed E-state index contributed by atoms with van der Waals surface area (Å²) in [5.41, 5.74) is 6.74. The summed E-state index contributed by atoms with van der Waals surface area (Å²) in [5.74, 6) is -0.497. The molecule has 1 aliphatic heterocycles. The summed E-state index contributed by atoms with van der Waals surface area (Å²) in [6.45, 7) is 0. The molecule has 2 amide bonds. The maximum atomic E-state index is 11.5. The van der Waals surface area contributed by atoms with Crippen LogP contribution in [0.25, 0.3) is 0 Å². The number of rotatable bonds is 1. The smallest absolute Gasteiger partial charge is 0.234 e. The number of amides is 2. The molecule has 1 aliphatic rings. The zero-order valence-electron chi connectivity index (χ0n) is 8.43. The van der Waals surface area contributed by atoms with Crippen molar-refractivity contribution in [1.29, 1.82) is 5.26 Å². The van der Waals surface area contributed by atoms with Crippen molar-refractivity contribution in [1.82, 2.24) is 0 Å². The number of nitrogens with zero attached hydrogens (tertiary/aromatic N) is 2. The van der Waals surface area contributed by atoms with Gasteiger partial charge in [-0.05, 0) is 18.2 Å². The lowest BCUT2D eigenvalue weighted by Crippen LogP contribution is -2.29. The van der Waals surface area contributed by atoms with E-state index >= 15 is 0 Å². The Hall–Kier alpha value is -2.35. The van der Waals surface area contributed by atoms with Crippen molar-refractivity contribution in [3.8, 4) is 6.07 Å². The zero-order valence-corrected chi connectivity index (χ0v) is 8.43. The van der Waals surface area contributed by atoms with Gasteiger partial charge in [-0.25, -0.2) is 4.90 Å². The second kappa shape index (κ2) is 3.66. The van der Waals surface area contributed by atoms with Crippen molar-refractivity contribution in [2.45, 2.75) is 12.8 Å². The number of hydrogen-bond acceptors (Lipinski definition) is 4. The van der Waals surface area contributed by atoms with Gasteiger partial charge in [0, 0.05) is 12.8 Å². The fourth-order valence-corrected chi connectivity index (χ4v) is 1.67. The molecule has 5 heteroatoms. The lowest BCUT2D eigenvalue weighted by atomic mass is 10.2. The van der Waals surface area contributed by atoms with Crippen LogP contribution in [0.2, 0.25) is 0 Å². The Morgan fingerprint density at radius 3 is 2.38 bits per heavy atom. The molecule has 80 valence electrons. The van der Waals surface area contributed by atoms with Crippen LogP contribution >= 0.6 is 0 Å². The molecule has 0 radical (unpaired) electrons. The van der Waals surface area contributed by atoms with Gasteiger partial charge < -0.3 is 5.73 Å². The maximum Gasteiger partial charge on any atom is 0.234 e. The van der Waals surface area contributed by atoms with Crippen molar-refractivity contribution in [2.75, 3.05) is 10.6 Å². The summed E-state index contributed by atoms with van der Waals surface area (Å²) in [5, 5.41) is 8.67. The molecule has 5 nitrogen and oxygen atoms in total. The molecule has 0 saturated carbocycles. The van der Waals surface area contributed by atoms with Crippen molar-refractivity contribution in [3.63, 3.8) is 0 Å². The number of nitrogens with two attached hydrogens (primary N) is 1. The van der Waals surface area contributed by atoms with Crippen molar-refractivity contribution >= 4 is 23.2 Å². The van der Waals surface area contributed by atoms with Gasteiger partial charge in [0.1, 0.15) is 0 Å². The number of nitrogen functional groups attached to an aromatic ring is 1. The summed E-state index contributed by atoms with van der Waals surface area (Å²) in [6, 6.07) is 6.45. The van der Waals surface area contributed by atoms with Crippen LogP contribution in [-0.2, 0) is 9.59 Å². The summed E-state index contributed by atoms with van der Waals surface area (Å²) >= 11 is 0. The van der Waals surface area contributed by atoms with Crippen molar-refractivity contribution < 1.29 is 9.59 Å². The Labute approximate surface area is 92.1 Å². The predicted molar refractivity (Wildman–Crippen MR) is 57.3 cm³/mol. The Kier molecular flexibility index (Phi) is 2.33. The Morgan fingerprint density at radius 2 is 1.88 bits per heavy atom. The lowest BCUT2D eigenvalue weighted by molar-refractivity contribution is -0.121. The quantitative estimate of drug-likeness (QED) is 0.554. The molecule has 0 aromatic heterocycles. The molecule has 0 bridgehead atoms. The highest BCUT2D eigenvalue weighted by Gasteiger charge is 2.31. The monoisotopic (exact) mass is 215 g/mol. The molecule has 2 rings (SSSR count). The maximum absolute atomic E-state index is 11.5. The molecule has 1 saturated heterocycles. The highest BCUT2D eigenvalue weighted by Crippen LogP contribution is 2.28. The largest absolute Gasteiger partial charge is 0.397 e. The van der Waals surface area contributed by atoms with E-state index in [2.05, 4.69) is 0 Å². The van der Waals surface area contributed by atoms with Crippen LogP contribution < -0.4 is 10.6 Å². The van der Waals surface area contributed by atoms with Crippen LogP contribution in [0.5, 0.6) is 0 Å². The molecular weight excluding hydrogens is 206 g/mol. The highest BCUT2D eigenvalue weighted by atomic mass is 16.2. The first-order valence-electron chi connectivity index (χ1n) is 4.79. The van der Waals surface area contributed by atoms with Crippen LogP contribution in [0.15, 0.2) is 18.2 Å². The minimum Gasteiger partial charge on any atom is -0.397 e. The third-order valence-corrected chi connectivity index (χ3v) is 2.45. The second-order valence-corrected chi connectivity index (χ2v) is 3.51. The number of carbonyl (C=O) groups is 2. The molecule has 0 unspecified atom stereocenters. The van der Waals surface area contributed by atoms with Crippen LogP contribution in [0.3, 0.4) is 0 Å². The van der Waals surface area contributed by atoms with E-state index in [0.29, 0.717) is 11.3 Å². The average molecular weight is 215 g/mol. The first-order chi connectivity index (χ1) is 7.63. The molecule has 0 atom stereocenters. The predicted octanol–water partition coefficient (Wildman–Crippen LogP) is 0.794. The van der Waals surface area contributed by atoms with Crippen LogP contribution in [0, 0.1) is 11.3 Å². The summed E-state index contributed by atoms with van der Waals surface area (Å²) < 4.78 is 0. The van der Waals surface area contributed by atoms with E-state index in [1.165, 1.54) is 18.2 Å². The summed E-state index contributed by atoms with van der Waals surface area (Å²) in [4.78, 5) is 24.0. The van der Waals surface area contributed by atoms with E-state index in [1.807, 2.05) is 6.07 Å². The Bertz CT molecular complexity index is 500. The number of carbonyl (C=O) groups excluding carboxylic acids is 2. The standard InChI is InChI=1S/C11H9N3O2/c12-6-7-1-2-9(8(13)5-7)14-10(15)3-4-11(14)16/h1-2,5H,3-4,13H2. The van der Waals surface area contributed by atoms with Crippen LogP contribution in [0.1, 0.15) is 18.4 Å². The van der Waals surface area contributed by atoms with E-state index < -0.39 is 0 Å². The zero-order chi connectivity index (χ0) is 11.7. The van der Waals surface area contributed by atoms with Gasteiger partial charge in [-0.2, -0.15) is 5.26 Å². The fraction of sp³-hybridized carbons (Fsp3) is 0.182. The van der Waals surface area contributed by atoms with Crippen molar-refractivity contribution in [3.05, 3.63) is 23.8 Å². The van der Waals surface area contributed by atoms with E-state index in [9.17, 15) is 9.59 Å². The number of hydrogen-bond donors (Lipinski definition) is 1. The normalized spacial score (nSPS) is 15.3. The second-order valence-electron chi connectivity index (χ2n) is 3.51. The number of nitriles is 1. The first-order valence-corrected chi connectivity index (χ1v) is 4.79. The summed E-state index contributed by atoms with van der Waals surface area (Å²) in [6.07, 6.45) is 0.441. The SMILES string of the molecule is N#Cc1ccc(N2C(=O)CCC2=O)c(N)c1. The number of benzene rings is 1. The third kappa shape index (κ3) is 1.50. The van der Waals surface area contributed by atoms with E-state index in [1.54, 1.807) is 0 Å². The Balaban J connectivity index is 2.45. The van der Waals surface area contributed by atoms with Crippen LogP contribution in [0.4, 0.5) is 11.4 Å². The van der Waals surface area contributed by atoms with Gasteiger partial charge in [0.15, 0.2) is 0 Å². The third-order valence-electron chi connectivity index (χ3n) is 2.45. The van der Waals surface area contributed by atoms with Gasteiger partial charge >= 0.3 is 0 Å². The molecular formula is C11H9N3O2. The summed E-state index contributed by atoms with van der Waals surface area (Å²) in [7, 11) is 0. The number of imide groups is 1. The molecule has 0 spiro atoms. The average Bonchev–Trinajstić information content (AvgIpc) is 2.59. The minimum atomic E-state index is -0.249. The molecule has 1 aromatic rings. The van der Waals surface area contributed by atoms with Gasteiger partial charge in [-0.3, -0.25) is 9.59 Å². The van der Waals surface area contributed by atoms with Crippen molar-refractivity contribution in [2.24, 2.45) is 0 Å². The minimum absolute atomic E-state index is 0.221. The Morgan fingerprint density at radius 1 is 1.25 bits per heavy atom. The van der Waals surface area contributed by atoms with Gasteiger partial charge in [-0.1, -0.05) is 0 Å². The molecule has 1 heterocycles. The van der Waals surface area contributed by atoms with Gasteiger partial charge in [0.2, 0.25) is 11.8 Å². The van der Waals surface area contributed by atoms with Crippen LogP contribution in [-0.4, -0.2) is 11.8 Å². The molecule has 0 aliphatic carbocycles. The molecule has 1 fully saturated rings. The van der Waals surface area contributed by atoms with Gasteiger partial charge in [-0.15, -0.1) is 0 Å². The van der Waals surface area contributed by atoms with Gasteiger partial charge in [0.05, 0.1) is 23.0 Å². The fourth-order valence-electron chi connectivity index (χ4n) is 1.67.